The molecule has 0 atom stereocenters. The zero-order chi connectivity index (χ0) is 12.8. The molecule has 1 aromatic heterocycles. The molecule has 1 N–H and O–H groups in total. The summed E-state index contributed by atoms with van der Waals surface area (Å²) in [5.41, 5.74) is 0. The van der Waals surface area contributed by atoms with Gasteiger partial charge in [-0.25, -0.2) is 4.79 Å². The Balaban J connectivity index is 1.93. The highest BCUT2D eigenvalue weighted by Gasteiger charge is 1.99. The number of para-hydroxylation sites is 1. The molecular weight excluding hydrogens is 248 g/mol. The lowest BCUT2D eigenvalue weighted by atomic mass is 10.3. The summed E-state index contributed by atoms with van der Waals surface area (Å²) in [5, 5.41) is 8.53. The first kappa shape index (κ1) is 12.4. The number of thiophene rings is 1. The van der Waals surface area contributed by atoms with Gasteiger partial charge in [0, 0.05) is 15.8 Å². The topological polar surface area (TPSA) is 46.5 Å². The van der Waals surface area contributed by atoms with E-state index >= 15 is 0 Å². The zero-order valence-electron chi connectivity index (χ0n) is 9.58. The van der Waals surface area contributed by atoms with E-state index in [0.29, 0.717) is 6.61 Å². The van der Waals surface area contributed by atoms with Gasteiger partial charge in [-0.3, -0.25) is 0 Å². The Labute approximate surface area is 109 Å². The number of ether oxygens (including phenoxy) is 1. The van der Waals surface area contributed by atoms with Crippen molar-refractivity contribution in [3.8, 4) is 5.75 Å². The van der Waals surface area contributed by atoms with E-state index in [9.17, 15) is 4.79 Å². The fourth-order valence-electron chi connectivity index (χ4n) is 1.39. The van der Waals surface area contributed by atoms with E-state index in [2.05, 4.69) is 0 Å². The Morgan fingerprint density at radius 2 is 2.00 bits per heavy atom. The average Bonchev–Trinajstić information content (AvgIpc) is 2.83. The van der Waals surface area contributed by atoms with E-state index < -0.39 is 5.97 Å². The van der Waals surface area contributed by atoms with E-state index in [1.807, 2.05) is 42.5 Å². The van der Waals surface area contributed by atoms with Crippen LogP contribution in [-0.4, -0.2) is 11.1 Å². The predicted molar refractivity (Wildman–Crippen MR) is 71.8 cm³/mol. The summed E-state index contributed by atoms with van der Waals surface area (Å²) in [5.74, 6) is -0.112. The SMILES string of the molecule is O=C(O)C=Cc1ccc(COc2ccccc2)s1. The van der Waals surface area contributed by atoms with Gasteiger partial charge >= 0.3 is 5.97 Å². The molecule has 2 aromatic rings. The third kappa shape index (κ3) is 3.75. The molecule has 0 amide bonds. The Hall–Kier alpha value is -2.07. The van der Waals surface area contributed by atoms with Crippen LogP contribution in [0, 0.1) is 0 Å². The maximum Gasteiger partial charge on any atom is 0.328 e. The van der Waals surface area contributed by atoms with Gasteiger partial charge in [0.1, 0.15) is 12.4 Å². The van der Waals surface area contributed by atoms with Crippen molar-refractivity contribution in [3.63, 3.8) is 0 Å². The van der Waals surface area contributed by atoms with Gasteiger partial charge in [0.2, 0.25) is 0 Å². The minimum atomic E-state index is -0.939. The maximum absolute atomic E-state index is 10.4. The van der Waals surface area contributed by atoms with E-state index in [1.54, 1.807) is 6.08 Å². The van der Waals surface area contributed by atoms with Crippen molar-refractivity contribution >= 4 is 23.4 Å². The molecule has 1 aromatic carbocycles. The first-order valence-electron chi connectivity index (χ1n) is 5.41. The number of hydrogen-bond donors (Lipinski definition) is 1. The van der Waals surface area contributed by atoms with Gasteiger partial charge < -0.3 is 9.84 Å². The Morgan fingerprint density at radius 3 is 2.72 bits per heavy atom. The average molecular weight is 260 g/mol. The number of aliphatic carboxylic acids is 1. The standard InChI is InChI=1S/C14H12O3S/c15-14(16)9-8-12-6-7-13(18-12)10-17-11-4-2-1-3-5-11/h1-9H,10H2,(H,15,16). The lowest BCUT2D eigenvalue weighted by Gasteiger charge is -2.03. The molecule has 0 saturated heterocycles. The smallest absolute Gasteiger partial charge is 0.328 e. The van der Waals surface area contributed by atoms with Crippen LogP contribution in [0.2, 0.25) is 0 Å². The van der Waals surface area contributed by atoms with Crippen LogP contribution in [0.4, 0.5) is 0 Å². The minimum absolute atomic E-state index is 0.496. The summed E-state index contributed by atoms with van der Waals surface area (Å²) in [7, 11) is 0. The lowest BCUT2D eigenvalue weighted by Crippen LogP contribution is -1.91. The van der Waals surface area contributed by atoms with Gasteiger partial charge in [-0.2, -0.15) is 0 Å². The molecule has 0 spiro atoms. The van der Waals surface area contributed by atoms with Crippen LogP contribution >= 0.6 is 11.3 Å². The molecule has 92 valence electrons. The molecular formula is C14H12O3S. The van der Waals surface area contributed by atoms with Gasteiger partial charge in [0.05, 0.1) is 0 Å². The van der Waals surface area contributed by atoms with Crippen molar-refractivity contribution in [1.29, 1.82) is 0 Å². The van der Waals surface area contributed by atoms with Crippen LogP contribution in [0.5, 0.6) is 5.75 Å². The zero-order valence-corrected chi connectivity index (χ0v) is 10.4. The molecule has 0 aliphatic rings. The highest BCUT2D eigenvalue weighted by Crippen LogP contribution is 2.20. The molecule has 0 radical (unpaired) electrons. The van der Waals surface area contributed by atoms with Gasteiger partial charge in [-0.1, -0.05) is 18.2 Å². The Kier molecular flexibility index (Phi) is 4.15. The second-order valence-corrected chi connectivity index (χ2v) is 4.78. The van der Waals surface area contributed by atoms with E-state index in [0.717, 1.165) is 21.6 Å². The maximum atomic E-state index is 10.4. The summed E-state index contributed by atoms with van der Waals surface area (Å²) in [6.07, 6.45) is 2.71. The quantitative estimate of drug-likeness (QED) is 0.838. The second kappa shape index (κ2) is 6.02. The fourth-order valence-corrected chi connectivity index (χ4v) is 2.22. The normalized spacial score (nSPS) is 10.7. The molecule has 1 heterocycles. The lowest BCUT2D eigenvalue weighted by molar-refractivity contribution is -0.131. The summed E-state index contributed by atoms with van der Waals surface area (Å²) < 4.78 is 5.60. The van der Waals surface area contributed by atoms with Gasteiger partial charge in [0.15, 0.2) is 0 Å². The van der Waals surface area contributed by atoms with Crippen LogP contribution in [0.3, 0.4) is 0 Å². The Bertz CT molecular complexity index is 543. The molecule has 18 heavy (non-hydrogen) atoms. The van der Waals surface area contributed by atoms with Crippen molar-refractivity contribution in [2.75, 3.05) is 0 Å². The number of hydrogen-bond acceptors (Lipinski definition) is 3. The third-order valence-electron chi connectivity index (χ3n) is 2.20. The fraction of sp³-hybridized carbons (Fsp3) is 0.0714. The first-order chi connectivity index (χ1) is 8.74. The van der Waals surface area contributed by atoms with E-state index in [1.165, 1.54) is 11.3 Å². The molecule has 0 bridgehead atoms. The van der Waals surface area contributed by atoms with Gasteiger partial charge in [-0.05, 0) is 30.3 Å². The predicted octanol–water partition coefficient (Wildman–Crippen LogP) is 3.42. The highest BCUT2D eigenvalue weighted by atomic mass is 32.1. The molecule has 0 aliphatic heterocycles. The van der Waals surface area contributed by atoms with Crippen LogP contribution in [0.15, 0.2) is 48.5 Å². The number of rotatable bonds is 5. The summed E-state index contributed by atoms with van der Waals surface area (Å²) >= 11 is 1.52. The molecule has 2 rings (SSSR count). The molecule has 0 saturated carbocycles. The van der Waals surface area contributed by atoms with E-state index in [4.69, 9.17) is 9.84 Å². The number of carbonyl (C=O) groups is 1. The molecule has 0 unspecified atom stereocenters. The van der Waals surface area contributed by atoms with Crippen LogP contribution in [0.1, 0.15) is 9.75 Å². The molecule has 3 nitrogen and oxygen atoms in total. The summed E-state index contributed by atoms with van der Waals surface area (Å²) in [6, 6.07) is 13.4. The van der Waals surface area contributed by atoms with Crippen molar-refractivity contribution in [2.45, 2.75) is 6.61 Å². The summed E-state index contributed by atoms with van der Waals surface area (Å²) in [4.78, 5) is 12.3. The number of benzene rings is 1. The van der Waals surface area contributed by atoms with Gasteiger partial charge in [0.25, 0.3) is 0 Å². The molecule has 4 heteroatoms. The third-order valence-corrected chi connectivity index (χ3v) is 3.22. The van der Waals surface area contributed by atoms with Crippen molar-refractivity contribution < 1.29 is 14.6 Å². The number of carboxylic acid groups (broad SMARTS) is 1. The molecule has 0 fully saturated rings. The van der Waals surface area contributed by atoms with Gasteiger partial charge in [-0.15, -0.1) is 11.3 Å². The Morgan fingerprint density at radius 1 is 1.22 bits per heavy atom. The van der Waals surface area contributed by atoms with Crippen LogP contribution < -0.4 is 4.74 Å². The monoisotopic (exact) mass is 260 g/mol. The van der Waals surface area contributed by atoms with Crippen LogP contribution in [0.25, 0.3) is 6.08 Å². The van der Waals surface area contributed by atoms with Crippen LogP contribution in [-0.2, 0) is 11.4 Å². The largest absolute Gasteiger partial charge is 0.488 e. The van der Waals surface area contributed by atoms with Crippen molar-refractivity contribution in [2.24, 2.45) is 0 Å². The van der Waals surface area contributed by atoms with Crippen molar-refractivity contribution in [3.05, 3.63) is 58.3 Å². The first-order valence-corrected chi connectivity index (χ1v) is 6.23. The second-order valence-electron chi connectivity index (χ2n) is 3.58. The van der Waals surface area contributed by atoms with Crippen molar-refractivity contribution in [1.82, 2.24) is 0 Å². The highest BCUT2D eigenvalue weighted by molar-refractivity contribution is 7.12. The van der Waals surface area contributed by atoms with E-state index in [-0.39, 0.29) is 0 Å². The summed E-state index contributed by atoms with van der Waals surface area (Å²) in [6.45, 7) is 0.496. The number of carboxylic acids is 1. The molecule has 0 aliphatic carbocycles. The minimum Gasteiger partial charge on any atom is -0.488 e.